The second-order valence-electron chi connectivity index (χ2n) is 3.53. The van der Waals surface area contributed by atoms with Crippen molar-refractivity contribution < 1.29 is 18.0 Å². The number of amides is 1. The number of benzene rings is 1. The molecule has 1 N–H and O–H groups in total. The molecule has 3 nitrogen and oxygen atoms in total. The van der Waals surface area contributed by atoms with E-state index in [1.807, 2.05) is 0 Å². The van der Waals surface area contributed by atoms with E-state index in [1.165, 1.54) is 18.5 Å². The van der Waals surface area contributed by atoms with E-state index in [4.69, 9.17) is 11.6 Å². The lowest BCUT2D eigenvalue weighted by molar-refractivity contribution is 0.102. The number of aromatic nitrogens is 1. The fraction of sp³-hybridized carbons (Fsp3) is 0. The second-order valence-corrected chi connectivity index (χ2v) is 3.94. The Bertz CT molecular complexity index is 649. The van der Waals surface area contributed by atoms with Crippen molar-refractivity contribution in [3.63, 3.8) is 0 Å². The van der Waals surface area contributed by atoms with Crippen LogP contribution >= 0.6 is 11.6 Å². The molecule has 1 heterocycles. The Morgan fingerprint density at radius 3 is 2.58 bits per heavy atom. The van der Waals surface area contributed by atoms with Crippen molar-refractivity contribution in [2.45, 2.75) is 0 Å². The van der Waals surface area contributed by atoms with Crippen LogP contribution in [0.4, 0.5) is 18.9 Å². The van der Waals surface area contributed by atoms with Crippen molar-refractivity contribution >= 4 is 23.2 Å². The molecule has 2 aromatic rings. The number of hydrogen-bond acceptors (Lipinski definition) is 2. The van der Waals surface area contributed by atoms with Crippen molar-refractivity contribution in [2.24, 2.45) is 0 Å². The number of halogens is 4. The van der Waals surface area contributed by atoms with Gasteiger partial charge in [0.2, 0.25) is 0 Å². The highest BCUT2D eigenvalue weighted by atomic mass is 35.5. The summed E-state index contributed by atoms with van der Waals surface area (Å²) in [6.07, 6.45) is 2.65. The first-order valence-corrected chi connectivity index (χ1v) is 5.43. The van der Waals surface area contributed by atoms with Crippen LogP contribution in [0.15, 0.2) is 30.6 Å². The van der Waals surface area contributed by atoms with Gasteiger partial charge >= 0.3 is 0 Å². The summed E-state index contributed by atoms with van der Waals surface area (Å²) in [4.78, 5) is 15.4. The van der Waals surface area contributed by atoms with Crippen molar-refractivity contribution in [1.82, 2.24) is 4.98 Å². The summed E-state index contributed by atoms with van der Waals surface area (Å²) in [5.41, 5.74) is -0.489. The van der Waals surface area contributed by atoms with E-state index in [-0.39, 0.29) is 10.7 Å². The predicted octanol–water partition coefficient (Wildman–Crippen LogP) is 3.40. The van der Waals surface area contributed by atoms with Gasteiger partial charge in [-0.1, -0.05) is 11.6 Å². The maximum atomic E-state index is 13.4. The van der Waals surface area contributed by atoms with Gasteiger partial charge in [0.25, 0.3) is 5.91 Å². The van der Waals surface area contributed by atoms with Gasteiger partial charge in [0, 0.05) is 6.20 Å². The number of carbonyl (C=O) groups is 1. The average Bonchev–Trinajstić information content (AvgIpc) is 2.39. The van der Waals surface area contributed by atoms with E-state index in [9.17, 15) is 18.0 Å². The second kappa shape index (κ2) is 5.27. The summed E-state index contributed by atoms with van der Waals surface area (Å²) in [5.74, 6) is -5.58. The number of carbonyl (C=O) groups excluding carboxylic acids is 1. The Balaban J connectivity index is 2.31. The Kier molecular flexibility index (Phi) is 3.71. The molecule has 98 valence electrons. The fourth-order valence-corrected chi connectivity index (χ4v) is 1.51. The summed E-state index contributed by atoms with van der Waals surface area (Å²) in [6, 6.07) is 2.92. The largest absolute Gasteiger partial charge is 0.319 e. The topological polar surface area (TPSA) is 42.0 Å². The molecule has 0 aliphatic rings. The number of pyridine rings is 1. The zero-order valence-corrected chi connectivity index (χ0v) is 10.0. The van der Waals surface area contributed by atoms with E-state index in [0.29, 0.717) is 6.07 Å². The highest BCUT2D eigenvalue weighted by Crippen LogP contribution is 2.21. The third-order valence-electron chi connectivity index (χ3n) is 2.30. The monoisotopic (exact) mass is 286 g/mol. The van der Waals surface area contributed by atoms with Gasteiger partial charge in [0.05, 0.1) is 22.5 Å². The quantitative estimate of drug-likeness (QED) is 0.860. The van der Waals surface area contributed by atoms with Gasteiger partial charge in [-0.05, 0) is 18.2 Å². The molecule has 7 heteroatoms. The van der Waals surface area contributed by atoms with Crippen molar-refractivity contribution in [3.05, 3.63) is 58.6 Å². The Morgan fingerprint density at radius 1 is 1.16 bits per heavy atom. The molecule has 0 bridgehead atoms. The van der Waals surface area contributed by atoms with Crippen molar-refractivity contribution in [1.29, 1.82) is 0 Å². The number of nitrogens with one attached hydrogen (secondary N) is 1. The first-order chi connectivity index (χ1) is 9.00. The van der Waals surface area contributed by atoms with E-state index >= 15 is 0 Å². The lowest BCUT2D eigenvalue weighted by Gasteiger charge is -2.07. The zero-order chi connectivity index (χ0) is 14.0. The number of hydrogen-bond donors (Lipinski definition) is 1. The summed E-state index contributed by atoms with van der Waals surface area (Å²) >= 11 is 5.77. The molecule has 1 aromatic carbocycles. The van der Waals surface area contributed by atoms with E-state index in [2.05, 4.69) is 10.3 Å². The van der Waals surface area contributed by atoms with Gasteiger partial charge in [-0.2, -0.15) is 0 Å². The van der Waals surface area contributed by atoms with Crippen LogP contribution in [-0.2, 0) is 0 Å². The molecule has 2 rings (SSSR count). The molecule has 0 radical (unpaired) electrons. The molecule has 0 atom stereocenters. The number of anilines is 1. The molecule has 0 spiro atoms. The maximum absolute atomic E-state index is 13.4. The first kappa shape index (κ1) is 13.4. The molecule has 1 aromatic heterocycles. The average molecular weight is 287 g/mol. The minimum absolute atomic E-state index is 0.137. The standard InChI is InChI=1S/C12H6ClF3N2O/c13-7-3-4-17-5-9(7)18-12(19)6-1-2-8(14)11(16)10(6)15/h1-5H,(H,18,19). The third-order valence-corrected chi connectivity index (χ3v) is 2.63. The van der Waals surface area contributed by atoms with Crippen molar-refractivity contribution in [2.75, 3.05) is 5.32 Å². The van der Waals surface area contributed by atoms with E-state index in [0.717, 1.165) is 6.07 Å². The van der Waals surface area contributed by atoms with Gasteiger partial charge in [-0.25, -0.2) is 13.2 Å². The molecule has 19 heavy (non-hydrogen) atoms. The summed E-state index contributed by atoms with van der Waals surface area (Å²) in [7, 11) is 0. The van der Waals surface area contributed by atoms with Crippen LogP contribution in [0.1, 0.15) is 10.4 Å². The van der Waals surface area contributed by atoms with Crippen LogP contribution in [0, 0.1) is 17.5 Å². The van der Waals surface area contributed by atoms with Gasteiger partial charge < -0.3 is 5.32 Å². The molecule has 1 amide bonds. The Labute approximate surface area is 111 Å². The predicted molar refractivity (Wildman–Crippen MR) is 63.5 cm³/mol. The molecule has 0 saturated heterocycles. The summed E-state index contributed by atoms with van der Waals surface area (Å²) in [5, 5.41) is 2.44. The van der Waals surface area contributed by atoms with Gasteiger partial charge in [-0.15, -0.1) is 0 Å². The third kappa shape index (κ3) is 2.68. The van der Waals surface area contributed by atoms with Crippen LogP contribution in [0.5, 0.6) is 0 Å². The Morgan fingerprint density at radius 2 is 1.89 bits per heavy atom. The van der Waals surface area contributed by atoms with Crippen LogP contribution < -0.4 is 5.32 Å². The van der Waals surface area contributed by atoms with Crippen LogP contribution in [0.3, 0.4) is 0 Å². The minimum Gasteiger partial charge on any atom is -0.319 e. The lowest BCUT2D eigenvalue weighted by Crippen LogP contribution is -2.15. The van der Waals surface area contributed by atoms with E-state index in [1.54, 1.807) is 0 Å². The maximum Gasteiger partial charge on any atom is 0.258 e. The fourth-order valence-electron chi connectivity index (χ4n) is 1.36. The Hall–Kier alpha value is -2.08. The van der Waals surface area contributed by atoms with Gasteiger partial charge in [-0.3, -0.25) is 9.78 Å². The van der Waals surface area contributed by atoms with Crippen LogP contribution in [-0.4, -0.2) is 10.9 Å². The van der Waals surface area contributed by atoms with Crippen LogP contribution in [0.25, 0.3) is 0 Å². The minimum atomic E-state index is -1.70. The number of rotatable bonds is 2. The smallest absolute Gasteiger partial charge is 0.258 e. The molecule has 0 aliphatic carbocycles. The molecular formula is C12H6ClF3N2O. The number of nitrogens with zero attached hydrogens (tertiary/aromatic N) is 1. The normalized spacial score (nSPS) is 10.3. The molecule has 0 aliphatic heterocycles. The molecule has 0 fully saturated rings. The van der Waals surface area contributed by atoms with Gasteiger partial charge in [0.1, 0.15) is 0 Å². The van der Waals surface area contributed by atoms with Crippen molar-refractivity contribution in [3.8, 4) is 0 Å². The van der Waals surface area contributed by atoms with Gasteiger partial charge in [0.15, 0.2) is 17.5 Å². The molecular weight excluding hydrogens is 281 g/mol. The highest BCUT2D eigenvalue weighted by molar-refractivity contribution is 6.33. The van der Waals surface area contributed by atoms with E-state index < -0.39 is 28.9 Å². The summed E-state index contributed by atoms with van der Waals surface area (Å²) < 4.78 is 39.1. The summed E-state index contributed by atoms with van der Waals surface area (Å²) in [6.45, 7) is 0. The van der Waals surface area contributed by atoms with Crippen LogP contribution in [0.2, 0.25) is 5.02 Å². The first-order valence-electron chi connectivity index (χ1n) is 5.05. The molecule has 0 saturated carbocycles. The lowest BCUT2D eigenvalue weighted by atomic mass is 10.2. The zero-order valence-electron chi connectivity index (χ0n) is 9.25. The molecule has 0 unspecified atom stereocenters. The SMILES string of the molecule is O=C(Nc1cnccc1Cl)c1ccc(F)c(F)c1F. The highest BCUT2D eigenvalue weighted by Gasteiger charge is 2.19.